The van der Waals surface area contributed by atoms with E-state index in [1.807, 2.05) is 32.3 Å². The van der Waals surface area contributed by atoms with Crippen LogP contribution in [0.4, 0.5) is 10.1 Å². The number of rotatable bonds is 6. The van der Waals surface area contributed by atoms with Crippen LogP contribution in [0.2, 0.25) is 0 Å². The van der Waals surface area contributed by atoms with Crippen molar-refractivity contribution < 1.29 is 9.13 Å². The van der Waals surface area contributed by atoms with Gasteiger partial charge in [-0.05, 0) is 63.1 Å². The highest BCUT2D eigenvalue weighted by Gasteiger charge is 2.08. The number of ether oxygens (including phenoxy) is 1. The van der Waals surface area contributed by atoms with Gasteiger partial charge in [-0.15, -0.1) is 0 Å². The summed E-state index contributed by atoms with van der Waals surface area (Å²) in [5, 5.41) is 0. The Bertz CT molecular complexity index is 722. The van der Waals surface area contributed by atoms with Crippen molar-refractivity contribution in [3.05, 3.63) is 51.7 Å². The smallest absolute Gasteiger partial charge is 0.131 e. The Morgan fingerprint density at radius 3 is 2.42 bits per heavy atom. The molecule has 0 radical (unpaired) electrons. The summed E-state index contributed by atoms with van der Waals surface area (Å²) in [4.78, 5) is 6.69. The van der Waals surface area contributed by atoms with Gasteiger partial charge in [-0.1, -0.05) is 15.9 Å². The summed E-state index contributed by atoms with van der Waals surface area (Å²) >= 11 is 3.27. The molecule has 24 heavy (non-hydrogen) atoms. The van der Waals surface area contributed by atoms with Crippen molar-refractivity contribution in [2.45, 2.75) is 27.7 Å². The largest absolute Gasteiger partial charge is 0.457 e. The van der Waals surface area contributed by atoms with Gasteiger partial charge in [0.15, 0.2) is 0 Å². The van der Waals surface area contributed by atoms with Crippen LogP contribution in [-0.2, 0) is 0 Å². The maximum absolute atomic E-state index is 13.5. The number of aliphatic imine (C=N–C) groups is 1. The fraction of sp³-hybridized carbons (Fsp3) is 0.316. The van der Waals surface area contributed by atoms with E-state index in [0.29, 0.717) is 16.0 Å². The molecule has 0 aromatic heterocycles. The Balaban J connectivity index is 2.26. The molecule has 0 N–H and O–H groups in total. The van der Waals surface area contributed by atoms with E-state index in [2.05, 4.69) is 39.7 Å². The third-order valence-electron chi connectivity index (χ3n) is 3.73. The van der Waals surface area contributed by atoms with E-state index in [4.69, 9.17) is 4.74 Å². The first kappa shape index (κ1) is 18.5. The second kappa shape index (κ2) is 8.29. The van der Waals surface area contributed by atoms with Crippen molar-refractivity contribution in [3.63, 3.8) is 0 Å². The van der Waals surface area contributed by atoms with Gasteiger partial charge in [0.2, 0.25) is 0 Å². The zero-order valence-corrected chi connectivity index (χ0v) is 16.0. The number of aryl methyl sites for hydroxylation is 2. The summed E-state index contributed by atoms with van der Waals surface area (Å²) in [7, 11) is 0. The molecule has 0 saturated heterocycles. The average molecular weight is 393 g/mol. The third kappa shape index (κ3) is 4.81. The summed E-state index contributed by atoms with van der Waals surface area (Å²) in [6, 6.07) is 8.42. The summed E-state index contributed by atoms with van der Waals surface area (Å²) in [5.41, 5.74) is 2.87. The monoisotopic (exact) mass is 392 g/mol. The van der Waals surface area contributed by atoms with Gasteiger partial charge < -0.3 is 9.64 Å². The molecule has 2 rings (SSSR count). The Labute approximate surface area is 151 Å². The van der Waals surface area contributed by atoms with Crippen molar-refractivity contribution >= 4 is 28.0 Å². The van der Waals surface area contributed by atoms with Gasteiger partial charge in [0.25, 0.3) is 0 Å². The molecule has 0 aliphatic carbocycles. The lowest BCUT2D eigenvalue weighted by Gasteiger charge is -2.15. The predicted molar refractivity (Wildman–Crippen MR) is 101 cm³/mol. The molecule has 0 aliphatic heterocycles. The van der Waals surface area contributed by atoms with Crippen LogP contribution < -0.4 is 4.74 Å². The van der Waals surface area contributed by atoms with Gasteiger partial charge in [-0.25, -0.2) is 9.38 Å². The lowest BCUT2D eigenvalue weighted by molar-refractivity contribution is 0.472. The summed E-state index contributed by atoms with van der Waals surface area (Å²) in [5.74, 6) is 0.824. The lowest BCUT2D eigenvalue weighted by Crippen LogP contribution is -2.20. The fourth-order valence-corrected chi connectivity index (χ4v) is 2.71. The molecule has 0 fully saturated rings. The second-order valence-electron chi connectivity index (χ2n) is 5.58. The van der Waals surface area contributed by atoms with Crippen molar-refractivity contribution in [2.24, 2.45) is 4.99 Å². The Morgan fingerprint density at radius 1 is 1.08 bits per heavy atom. The second-order valence-corrected chi connectivity index (χ2v) is 6.49. The highest BCUT2D eigenvalue weighted by molar-refractivity contribution is 9.10. The summed E-state index contributed by atoms with van der Waals surface area (Å²) in [6.07, 6.45) is 1.87. The first-order valence-electron chi connectivity index (χ1n) is 7.96. The number of halogens is 2. The van der Waals surface area contributed by atoms with Crippen LogP contribution in [0.25, 0.3) is 0 Å². The van der Waals surface area contributed by atoms with Gasteiger partial charge in [0.05, 0.1) is 12.0 Å². The Morgan fingerprint density at radius 2 is 1.79 bits per heavy atom. The minimum absolute atomic E-state index is 0.339. The van der Waals surface area contributed by atoms with Crippen LogP contribution in [0.1, 0.15) is 25.0 Å². The van der Waals surface area contributed by atoms with E-state index in [1.165, 1.54) is 12.1 Å². The molecule has 5 heteroatoms. The molecule has 0 unspecified atom stereocenters. The lowest BCUT2D eigenvalue weighted by atomic mass is 10.1. The van der Waals surface area contributed by atoms with E-state index in [9.17, 15) is 4.39 Å². The molecular formula is C19H22BrFN2O. The standard InChI is InChI=1S/C19H22BrFN2O/c1-5-23(6-2)12-22-18-7-14(4)19(8-13(18)3)24-17-10-15(20)9-16(21)11-17/h7-12H,5-6H2,1-4H3/b22-12+. The molecular weight excluding hydrogens is 371 g/mol. The Kier molecular flexibility index (Phi) is 6.37. The molecule has 3 nitrogen and oxygen atoms in total. The van der Waals surface area contributed by atoms with E-state index >= 15 is 0 Å². The van der Waals surface area contributed by atoms with Crippen LogP contribution in [0.15, 0.2) is 39.8 Å². The first-order valence-corrected chi connectivity index (χ1v) is 8.75. The number of nitrogens with zero attached hydrogens (tertiary/aromatic N) is 2. The van der Waals surface area contributed by atoms with Gasteiger partial charge in [-0.3, -0.25) is 0 Å². The van der Waals surface area contributed by atoms with Gasteiger partial charge in [0.1, 0.15) is 17.3 Å². The topological polar surface area (TPSA) is 24.8 Å². The van der Waals surface area contributed by atoms with Crippen molar-refractivity contribution in [3.8, 4) is 11.5 Å². The van der Waals surface area contributed by atoms with E-state index < -0.39 is 0 Å². The first-order chi connectivity index (χ1) is 11.4. The fourth-order valence-electron chi connectivity index (χ4n) is 2.27. The normalized spacial score (nSPS) is 11.1. The SMILES string of the molecule is CCN(/C=N/c1cc(C)c(Oc2cc(F)cc(Br)c2)cc1C)CC. The van der Waals surface area contributed by atoms with Crippen molar-refractivity contribution in [2.75, 3.05) is 13.1 Å². The van der Waals surface area contributed by atoms with Crippen LogP contribution in [0, 0.1) is 19.7 Å². The van der Waals surface area contributed by atoms with Crippen molar-refractivity contribution in [1.82, 2.24) is 4.90 Å². The highest BCUT2D eigenvalue weighted by Crippen LogP contribution is 2.32. The van der Waals surface area contributed by atoms with Gasteiger partial charge in [-0.2, -0.15) is 0 Å². The molecule has 0 spiro atoms. The number of hydrogen-bond acceptors (Lipinski definition) is 2. The molecule has 2 aromatic rings. The zero-order chi connectivity index (χ0) is 17.7. The van der Waals surface area contributed by atoms with Crippen LogP contribution >= 0.6 is 15.9 Å². The molecule has 0 heterocycles. The van der Waals surface area contributed by atoms with Crippen molar-refractivity contribution in [1.29, 1.82) is 0 Å². The minimum Gasteiger partial charge on any atom is -0.457 e. The quantitative estimate of drug-likeness (QED) is 0.444. The summed E-state index contributed by atoms with van der Waals surface area (Å²) < 4.78 is 20.0. The molecule has 0 bridgehead atoms. The zero-order valence-electron chi connectivity index (χ0n) is 14.4. The summed E-state index contributed by atoms with van der Waals surface area (Å²) in [6.45, 7) is 9.99. The van der Waals surface area contributed by atoms with Crippen LogP contribution in [-0.4, -0.2) is 24.3 Å². The Hall–Kier alpha value is -1.88. The molecule has 0 amide bonds. The third-order valence-corrected chi connectivity index (χ3v) is 4.19. The number of hydrogen-bond donors (Lipinski definition) is 0. The maximum atomic E-state index is 13.5. The molecule has 0 saturated carbocycles. The highest BCUT2D eigenvalue weighted by atomic mass is 79.9. The van der Waals surface area contributed by atoms with Crippen LogP contribution in [0.5, 0.6) is 11.5 Å². The molecule has 0 aliphatic rings. The van der Waals surface area contributed by atoms with Gasteiger partial charge in [0, 0.05) is 23.6 Å². The van der Waals surface area contributed by atoms with E-state index in [1.54, 1.807) is 6.07 Å². The average Bonchev–Trinajstić information content (AvgIpc) is 2.51. The van der Waals surface area contributed by atoms with E-state index in [0.717, 1.165) is 29.9 Å². The van der Waals surface area contributed by atoms with Gasteiger partial charge >= 0.3 is 0 Å². The predicted octanol–water partition coefficient (Wildman–Crippen LogP) is 6.00. The van der Waals surface area contributed by atoms with E-state index in [-0.39, 0.29) is 5.82 Å². The minimum atomic E-state index is -0.339. The number of benzene rings is 2. The molecule has 0 atom stereocenters. The van der Waals surface area contributed by atoms with Crippen LogP contribution in [0.3, 0.4) is 0 Å². The maximum Gasteiger partial charge on any atom is 0.131 e. The molecule has 2 aromatic carbocycles. The molecule has 128 valence electrons.